The first kappa shape index (κ1) is 16.6. The van der Waals surface area contributed by atoms with Crippen LogP contribution in [0.5, 0.6) is 0 Å². The molecule has 1 fully saturated rings. The Kier molecular flexibility index (Phi) is 5.19. The van der Waals surface area contributed by atoms with Crippen LogP contribution >= 0.6 is 0 Å². The molecule has 0 spiro atoms. The maximum atomic E-state index is 12.0. The summed E-state index contributed by atoms with van der Waals surface area (Å²) < 4.78 is 21.0. The van der Waals surface area contributed by atoms with E-state index in [4.69, 9.17) is 18.3 Å². The number of hydrogen-bond donors (Lipinski definition) is 0. The molecule has 0 radical (unpaired) electrons. The standard InChI is InChI=1S/C17H20O6Si/c18-16(14-6-4-8-20-14)22-12-24(10-2-1-3-11-24)13-23-17(19)15-7-5-9-21-15/h4-9H,1-3,10-13H2. The van der Waals surface area contributed by atoms with E-state index < -0.39 is 20.0 Å². The number of esters is 2. The molecular formula is C17H20O6Si. The Hall–Kier alpha value is -2.28. The average Bonchev–Trinajstić information content (AvgIpc) is 3.32. The zero-order valence-electron chi connectivity index (χ0n) is 13.4. The fourth-order valence-corrected chi connectivity index (χ4v) is 6.79. The molecule has 1 aliphatic heterocycles. The van der Waals surface area contributed by atoms with Crippen molar-refractivity contribution in [1.82, 2.24) is 0 Å². The first-order valence-electron chi connectivity index (χ1n) is 8.10. The van der Waals surface area contributed by atoms with Gasteiger partial charge in [-0.2, -0.15) is 0 Å². The zero-order valence-corrected chi connectivity index (χ0v) is 14.4. The second kappa shape index (κ2) is 7.52. The average molecular weight is 348 g/mol. The maximum absolute atomic E-state index is 12.0. The largest absolute Gasteiger partial charge is 0.463 e. The van der Waals surface area contributed by atoms with Gasteiger partial charge in [0.25, 0.3) is 0 Å². The van der Waals surface area contributed by atoms with Gasteiger partial charge in [-0.05, 0) is 24.3 Å². The zero-order chi connectivity index (χ0) is 16.8. The Balaban J connectivity index is 1.59. The van der Waals surface area contributed by atoms with Crippen molar-refractivity contribution in [3.63, 3.8) is 0 Å². The fraction of sp³-hybridized carbons (Fsp3) is 0.412. The first-order chi connectivity index (χ1) is 11.7. The molecule has 7 heteroatoms. The number of carbonyl (C=O) groups excluding carboxylic acids is 2. The molecule has 0 amide bonds. The van der Waals surface area contributed by atoms with E-state index >= 15 is 0 Å². The van der Waals surface area contributed by atoms with Crippen LogP contribution in [-0.2, 0) is 9.47 Å². The van der Waals surface area contributed by atoms with Crippen molar-refractivity contribution in [3.05, 3.63) is 48.3 Å². The summed E-state index contributed by atoms with van der Waals surface area (Å²) in [4.78, 5) is 24.0. The van der Waals surface area contributed by atoms with Crippen LogP contribution in [0.1, 0.15) is 40.4 Å². The van der Waals surface area contributed by atoms with Crippen LogP contribution < -0.4 is 0 Å². The minimum Gasteiger partial charge on any atom is -0.463 e. The molecule has 3 heterocycles. The molecule has 3 rings (SSSR count). The lowest BCUT2D eigenvalue weighted by Crippen LogP contribution is -2.48. The third kappa shape index (κ3) is 3.97. The van der Waals surface area contributed by atoms with Gasteiger partial charge < -0.3 is 18.3 Å². The van der Waals surface area contributed by atoms with Gasteiger partial charge in [-0.15, -0.1) is 0 Å². The van der Waals surface area contributed by atoms with Crippen molar-refractivity contribution < 1.29 is 27.9 Å². The number of furan rings is 2. The minimum atomic E-state index is -2.00. The lowest BCUT2D eigenvalue weighted by atomic mass is 10.3. The highest BCUT2D eigenvalue weighted by atomic mass is 28.3. The number of ether oxygens (including phenoxy) is 2. The van der Waals surface area contributed by atoms with Gasteiger partial charge in [-0.3, -0.25) is 0 Å². The van der Waals surface area contributed by atoms with Crippen LogP contribution in [0.4, 0.5) is 0 Å². The molecule has 128 valence electrons. The Morgan fingerprint density at radius 1 is 0.875 bits per heavy atom. The van der Waals surface area contributed by atoms with Crippen LogP contribution in [0.25, 0.3) is 0 Å². The van der Waals surface area contributed by atoms with Crippen LogP contribution in [0, 0.1) is 0 Å². The molecule has 0 atom stereocenters. The van der Waals surface area contributed by atoms with Crippen LogP contribution in [0.2, 0.25) is 12.1 Å². The van der Waals surface area contributed by atoms with Crippen LogP contribution in [-0.4, -0.2) is 32.5 Å². The Bertz CT molecular complexity index is 603. The van der Waals surface area contributed by atoms with Gasteiger partial charge in [-0.1, -0.05) is 31.4 Å². The maximum Gasteiger partial charge on any atom is 0.373 e. The first-order valence-corrected chi connectivity index (χ1v) is 10.9. The summed E-state index contributed by atoms with van der Waals surface area (Å²) in [6.45, 7) is 0. The molecule has 1 aliphatic rings. The SMILES string of the molecule is O=C(OC[Si]1(COC(=O)c2ccco2)CCCCC1)c1ccco1. The van der Waals surface area contributed by atoms with Crippen molar-refractivity contribution in [2.24, 2.45) is 0 Å². The van der Waals surface area contributed by atoms with Crippen molar-refractivity contribution in [1.29, 1.82) is 0 Å². The van der Waals surface area contributed by atoms with Gasteiger partial charge in [0, 0.05) is 0 Å². The summed E-state index contributed by atoms with van der Waals surface area (Å²) in [7, 11) is -2.00. The number of rotatable bonds is 6. The highest BCUT2D eigenvalue weighted by molar-refractivity contribution is 6.80. The van der Waals surface area contributed by atoms with E-state index in [2.05, 4.69) is 0 Å². The molecular weight excluding hydrogens is 328 g/mol. The van der Waals surface area contributed by atoms with E-state index in [1.165, 1.54) is 18.9 Å². The molecule has 0 aliphatic carbocycles. The Morgan fingerprint density at radius 2 is 1.38 bits per heavy atom. The summed E-state index contributed by atoms with van der Waals surface area (Å²) in [5, 5.41) is 0. The number of hydrogen-bond acceptors (Lipinski definition) is 6. The third-order valence-corrected chi connectivity index (χ3v) is 8.72. The van der Waals surface area contributed by atoms with Crippen molar-refractivity contribution in [2.45, 2.75) is 31.4 Å². The molecule has 24 heavy (non-hydrogen) atoms. The quantitative estimate of drug-likeness (QED) is 0.586. The predicted octanol–water partition coefficient (Wildman–Crippen LogP) is 3.60. The monoisotopic (exact) mass is 348 g/mol. The summed E-state index contributed by atoms with van der Waals surface area (Å²) in [5.74, 6) is -0.533. The van der Waals surface area contributed by atoms with Crippen LogP contribution in [0.15, 0.2) is 45.6 Å². The molecule has 2 aromatic heterocycles. The molecule has 0 saturated carbocycles. The van der Waals surface area contributed by atoms with Crippen molar-refractivity contribution >= 4 is 20.0 Å². The van der Waals surface area contributed by atoms with E-state index in [0.29, 0.717) is 12.5 Å². The van der Waals surface area contributed by atoms with Gasteiger partial charge in [0.1, 0.15) is 8.07 Å². The van der Waals surface area contributed by atoms with E-state index in [1.54, 1.807) is 24.3 Å². The lowest BCUT2D eigenvalue weighted by Gasteiger charge is -2.33. The van der Waals surface area contributed by atoms with Crippen molar-refractivity contribution in [2.75, 3.05) is 12.5 Å². The van der Waals surface area contributed by atoms with Crippen LogP contribution in [0.3, 0.4) is 0 Å². The molecule has 2 aromatic rings. The predicted molar refractivity (Wildman–Crippen MR) is 87.2 cm³/mol. The van der Waals surface area contributed by atoms with E-state index in [-0.39, 0.29) is 11.5 Å². The Labute approximate surface area is 140 Å². The van der Waals surface area contributed by atoms with E-state index in [9.17, 15) is 9.59 Å². The van der Waals surface area contributed by atoms with E-state index in [0.717, 1.165) is 24.9 Å². The molecule has 0 bridgehead atoms. The molecule has 0 aromatic carbocycles. The van der Waals surface area contributed by atoms with Gasteiger partial charge in [0.15, 0.2) is 0 Å². The summed E-state index contributed by atoms with van der Waals surface area (Å²) in [6, 6.07) is 8.43. The van der Waals surface area contributed by atoms with Gasteiger partial charge in [0.05, 0.1) is 25.0 Å². The molecule has 0 unspecified atom stereocenters. The third-order valence-electron chi connectivity index (χ3n) is 4.38. The summed E-state index contributed by atoms with van der Waals surface area (Å²) in [5.41, 5.74) is 0. The van der Waals surface area contributed by atoms with Gasteiger partial charge in [-0.25, -0.2) is 9.59 Å². The second-order valence-corrected chi connectivity index (χ2v) is 10.7. The highest BCUT2D eigenvalue weighted by Crippen LogP contribution is 2.29. The van der Waals surface area contributed by atoms with E-state index in [1.807, 2.05) is 0 Å². The highest BCUT2D eigenvalue weighted by Gasteiger charge is 2.38. The molecule has 6 nitrogen and oxygen atoms in total. The second-order valence-electron chi connectivity index (χ2n) is 6.17. The smallest absolute Gasteiger partial charge is 0.373 e. The number of carbonyl (C=O) groups is 2. The molecule has 1 saturated heterocycles. The van der Waals surface area contributed by atoms with Crippen molar-refractivity contribution in [3.8, 4) is 0 Å². The molecule has 0 N–H and O–H groups in total. The summed E-state index contributed by atoms with van der Waals surface area (Å²) >= 11 is 0. The minimum absolute atomic E-state index is 0.197. The normalized spacial score (nSPS) is 16.5. The summed E-state index contributed by atoms with van der Waals surface area (Å²) in [6.07, 6.45) is 6.92. The van der Waals surface area contributed by atoms with Gasteiger partial charge >= 0.3 is 11.9 Å². The Morgan fingerprint density at radius 3 is 1.79 bits per heavy atom. The lowest BCUT2D eigenvalue weighted by molar-refractivity contribution is 0.0493. The fourth-order valence-electron chi connectivity index (χ4n) is 3.00. The van der Waals surface area contributed by atoms with Gasteiger partial charge in [0.2, 0.25) is 11.5 Å². The topological polar surface area (TPSA) is 78.9 Å².